The van der Waals surface area contributed by atoms with E-state index in [4.69, 9.17) is 0 Å². The van der Waals surface area contributed by atoms with Crippen LogP contribution < -0.4 is 5.32 Å². The molecule has 7 nitrogen and oxygen atoms in total. The van der Waals surface area contributed by atoms with E-state index < -0.39 is 0 Å². The van der Waals surface area contributed by atoms with Crippen LogP contribution in [-0.4, -0.2) is 30.5 Å². The van der Waals surface area contributed by atoms with E-state index in [0.717, 1.165) is 47.7 Å². The molecule has 3 aromatic rings. The van der Waals surface area contributed by atoms with Crippen LogP contribution in [0.5, 0.6) is 0 Å². The summed E-state index contributed by atoms with van der Waals surface area (Å²) in [7, 11) is 1.89. The maximum absolute atomic E-state index is 12.8. The number of amides is 1. The summed E-state index contributed by atoms with van der Waals surface area (Å²) in [6.45, 7) is 4.78. The first-order valence-corrected chi connectivity index (χ1v) is 8.83. The Labute approximate surface area is 152 Å². The molecule has 0 radical (unpaired) electrons. The minimum Gasteiger partial charge on any atom is -0.342 e. The highest BCUT2D eigenvalue weighted by Gasteiger charge is 2.25. The summed E-state index contributed by atoms with van der Waals surface area (Å²) >= 11 is 0. The number of hydrogen-bond donors (Lipinski definition) is 1. The number of nitrogens with zero attached hydrogens (tertiary/aromatic N) is 5. The molecule has 2 aromatic heterocycles. The number of fused-ring (bicyclic) bond motifs is 1. The maximum atomic E-state index is 12.8. The van der Waals surface area contributed by atoms with Crippen LogP contribution in [0.15, 0.2) is 30.6 Å². The second-order valence-electron chi connectivity index (χ2n) is 6.84. The molecule has 1 aliphatic rings. The molecule has 1 aromatic carbocycles. The van der Waals surface area contributed by atoms with E-state index in [-0.39, 0.29) is 11.9 Å². The molecular formula is C19H22N6O. The molecule has 3 heterocycles. The lowest BCUT2D eigenvalue weighted by Gasteiger charge is -2.23. The minimum atomic E-state index is -0.0967. The van der Waals surface area contributed by atoms with Crippen molar-refractivity contribution in [3.63, 3.8) is 0 Å². The lowest BCUT2D eigenvalue weighted by Crippen LogP contribution is -2.33. The highest BCUT2D eigenvalue weighted by atomic mass is 16.1. The van der Waals surface area contributed by atoms with E-state index in [0.29, 0.717) is 5.56 Å². The Balaban J connectivity index is 1.59. The molecule has 4 rings (SSSR count). The van der Waals surface area contributed by atoms with E-state index >= 15 is 0 Å². The fourth-order valence-corrected chi connectivity index (χ4v) is 3.48. The number of rotatable bonds is 3. The van der Waals surface area contributed by atoms with Gasteiger partial charge in [0.1, 0.15) is 11.6 Å². The molecule has 26 heavy (non-hydrogen) atoms. The Morgan fingerprint density at radius 2 is 2.15 bits per heavy atom. The van der Waals surface area contributed by atoms with Gasteiger partial charge in [-0.2, -0.15) is 10.2 Å². The molecule has 0 bridgehead atoms. The number of hydrogen-bond acceptors (Lipinski definition) is 4. The van der Waals surface area contributed by atoms with Crippen molar-refractivity contribution in [2.24, 2.45) is 7.05 Å². The van der Waals surface area contributed by atoms with Gasteiger partial charge in [-0.3, -0.25) is 9.48 Å². The average molecular weight is 350 g/mol. The fourth-order valence-electron chi connectivity index (χ4n) is 3.48. The predicted molar refractivity (Wildman–Crippen MR) is 97.6 cm³/mol. The van der Waals surface area contributed by atoms with Gasteiger partial charge in [0.15, 0.2) is 0 Å². The van der Waals surface area contributed by atoms with Crippen LogP contribution in [0.4, 0.5) is 0 Å². The van der Waals surface area contributed by atoms with Gasteiger partial charge in [-0.1, -0.05) is 6.07 Å². The molecule has 7 heteroatoms. The van der Waals surface area contributed by atoms with E-state index in [1.165, 1.54) is 0 Å². The summed E-state index contributed by atoms with van der Waals surface area (Å²) in [5, 5.41) is 11.7. The molecule has 1 amide bonds. The van der Waals surface area contributed by atoms with Crippen LogP contribution >= 0.6 is 0 Å². The van der Waals surface area contributed by atoms with E-state index in [2.05, 4.69) is 20.5 Å². The second kappa shape index (κ2) is 6.40. The van der Waals surface area contributed by atoms with Gasteiger partial charge in [0.25, 0.3) is 5.91 Å². The number of carbonyl (C=O) groups excluding carboxylic acids is 1. The standard InChI is InChI=1S/C19H22N6O/c1-12-6-7-14(9-16(12)15-10-20-24(3)11-15)19(26)22-17-5-4-8-25-18(17)21-13(2)23-25/h6-7,9-11,17H,4-5,8H2,1-3H3,(H,22,26). The van der Waals surface area contributed by atoms with Crippen molar-refractivity contribution in [3.8, 4) is 11.1 Å². The first-order valence-electron chi connectivity index (χ1n) is 8.83. The summed E-state index contributed by atoms with van der Waals surface area (Å²) in [4.78, 5) is 17.3. The number of carbonyl (C=O) groups is 1. The van der Waals surface area contributed by atoms with Gasteiger partial charge in [-0.05, 0) is 49.9 Å². The molecule has 1 unspecified atom stereocenters. The van der Waals surface area contributed by atoms with Crippen LogP contribution in [0.3, 0.4) is 0 Å². The topological polar surface area (TPSA) is 77.6 Å². The Hall–Kier alpha value is -2.96. The lowest BCUT2D eigenvalue weighted by molar-refractivity contribution is 0.0927. The molecule has 0 fully saturated rings. The summed E-state index contributed by atoms with van der Waals surface area (Å²) < 4.78 is 3.67. The maximum Gasteiger partial charge on any atom is 0.251 e. The molecule has 1 N–H and O–H groups in total. The Morgan fingerprint density at radius 1 is 1.31 bits per heavy atom. The zero-order chi connectivity index (χ0) is 18.3. The largest absolute Gasteiger partial charge is 0.342 e. The third kappa shape index (κ3) is 3.00. The van der Waals surface area contributed by atoms with Gasteiger partial charge < -0.3 is 5.32 Å². The van der Waals surface area contributed by atoms with Crippen molar-refractivity contribution in [2.45, 2.75) is 39.3 Å². The summed E-state index contributed by atoms with van der Waals surface area (Å²) in [5.41, 5.74) is 3.78. The highest BCUT2D eigenvalue weighted by Crippen LogP contribution is 2.26. The van der Waals surface area contributed by atoms with Crippen molar-refractivity contribution >= 4 is 5.91 Å². The van der Waals surface area contributed by atoms with Gasteiger partial charge in [0.2, 0.25) is 0 Å². The minimum absolute atomic E-state index is 0.0887. The van der Waals surface area contributed by atoms with Crippen LogP contribution in [0.25, 0.3) is 11.1 Å². The van der Waals surface area contributed by atoms with Crippen LogP contribution in [-0.2, 0) is 13.6 Å². The Bertz CT molecular complexity index is 970. The van der Waals surface area contributed by atoms with E-state index in [1.807, 2.05) is 56.2 Å². The zero-order valence-electron chi connectivity index (χ0n) is 15.2. The molecule has 0 saturated heterocycles. The van der Waals surface area contributed by atoms with E-state index in [1.54, 1.807) is 4.68 Å². The molecule has 1 aliphatic heterocycles. The average Bonchev–Trinajstić information content (AvgIpc) is 3.20. The molecule has 134 valence electrons. The monoisotopic (exact) mass is 350 g/mol. The number of nitrogens with one attached hydrogen (secondary N) is 1. The molecule has 0 spiro atoms. The third-order valence-electron chi connectivity index (χ3n) is 4.80. The Kier molecular flexibility index (Phi) is 4.06. The van der Waals surface area contributed by atoms with Crippen molar-refractivity contribution in [1.82, 2.24) is 29.9 Å². The summed E-state index contributed by atoms with van der Waals surface area (Å²) in [6.07, 6.45) is 5.63. The van der Waals surface area contributed by atoms with Crippen molar-refractivity contribution in [3.05, 3.63) is 53.4 Å². The Morgan fingerprint density at radius 3 is 2.92 bits per heavy atom. The van der Waals surface area contributed by atoms with Gasteiger partial charge in [0.05, 0.1) is 12.2 Å². The molecule has 0 aliphatic carbocycles. The second-order valence-corrected chi connectivity index (χ2v) is 6.84. The predicted octanol–water partition coefficient (Wildman–Crippen LogP) is 2.56. The number of benzene rings is 1. The quantitative estimate of drug-likeness (QED) is 0.787. The summed E-state index contributed by atoms with van der Waals surface area (Å²) in [5.74, 6) is 1.51. The highest BCUT2D eigenvalue weighted by molar-refractivity contribution is 5.96. The van der Waals surface area contributed by atoms with Crippen LogP contribution in [0.2, 0.25) is 0 Å². The molecule has 0 saturated carbocycles. The molecule has 1 atom stereocenters. The third-order valence-corrected chi connectivity index (χ3v) is 4.80. The first kappa shape index (κ1) is 16.5. The lowest BCUT2D eigenvalue weighted by atomic mass is 9.99. The summed E-state index contributed by atoms with van der Waals surface area (Å²) in [6, 6.07) is 5.68. The zero-order valence-corrected chi connectivity index (χ0v) is 15.2. The smallest absolute Gasteiger partial charge is 0.251 e. The normalized spacial score (nSPS) is 16.3. The van der Waals surface area contributed by atoms with Gasteiger partial charge in [0, 0.05) is 30.9 Å². The van der Waals surface area contributed by atoms with Crippen molar-refractivity contribution in [2.75, 3.05) is 0 Å². The number of aromatic nitrogens is 5. The van der Waals surface area contributed by atoms with Gasteiger partial charge in [-0.25, -0.2) is 9.67 Å². The fraction of sp³-hybridized carbons (Fsp3) is 0.368. The SMILES string of the molecule is Cc1nc2n(n1)CCCC2NC(=O)c1ccc(C)c(-c2cnn(C)c2)c1. The van der Waals surface area contributed by atoms with E-state index in [9.17, 15) is 4.79 Å². The molecular weight excluding hydrogens is 328 g/mol. The van der Waals surface area contributed by atoms with Crippen LogP contribution in [0.1, 0.15) is 46.5 Å². The van der Waals surface area contributed by atoms with Crippen LogP contribution in [0, 0.1) is 13.8 Å². The number of aryl methyl sites for hydroxylation is 4. The van der Waals surface area contributed by atoms with Crippen molar-refractivity contribution < 1.29 is 4.79 Å². The first-order chi connectivity index (χ1) is 12.5. The van der Waals surface area contributed by atoms with Gasteiger partial charge >= 0.3 is 0 Å². The van der Waals surface area contributed by atoms with Gasteiger partial charge in [-0.15, -0.1) is 0 Å². The van der Waals surface area contributed by atoms with Crippen molar-refractivity contribution in [1.29, 1.82) is 0 Å².